The number of ketones is 1. The first-order valence-corrected chi connectivity index (χ1v) is 30.4. The number of likely N-dealkylation sites (N-methyl/N-ethyl adjacent to an activating group) is 1. The van der Waals surface area contributed by atoms with E-state index in [4.69, 9.17) is 9.97 Å². The molecule has 16 heteroatoms. The van der Waals surface area contributed by atoms with Gasteiger partial charge in [0.25, 0.3) is 0 Å². The second-order valence-corrected chi connectivity index (χ2v) is 24.5. The number of aromatic nitrogens is 2. The summed E-state index contributed by atoms with van der Waals surface area (Å²) < 4.78 is 0. The average Bonchev–Trinajstić information content (AvgIpc) is 4.33. The molecule has 3 aliphatic carbocycles. The predicted octanol–water partition coefficient (Wildman–Crippen LogP) is 9.83. The van der Waals surface area contributed by atoms with E-state index in [1.165, 1.54) is 22.7 Å². The van der Waals surface area contributed by atoms with Gasteiger partial charge in [0.15, 0.2) is 0 Å². The summed E-state index contributed by atoms with van der Waals surface area (Å²) in [6.07, 6.45) is 14.2. The van der Waals surface area contributed by atoms with Gasteiger partial charge in [-0.1, -0.05) is 113 Å². The molecule has 5 amide bonds. The van der Waals surface area contributed by atoms with Crippen molar-refractivity contribution in [2.24, 2.45) is 35.5 Å². The van der Waals surface area contributed by atoms with E-state index >= 15 is 4.79 Å². The first kappa shape index (κ1) is 55.4. The molecule has 4 aromatic rings. The zero-order valence-electron chi connectivity index (χ0n) is 45.1. The Hall–Kier alpha value is -5.32. The quantitative estimate of drug-likeness (QED) is 0.0710. The van der Waals surface area contributed by atoms with Crippen molar-refractivity contribution in [3.8, 4) is 22.5 Å². The summed E-state index contributed by atoms with van der Waals surface area (Å²) in [4.78, 5) is 99.4. The molecule has 76 heavy (non-hydrogen) atoms. The third kappa shape index (κ3) is 13.1. The molecular formula is C60H80N8O6S2. The van der Waals surface area contributed by atoms with Gasteiger partial charge in [0, 0.05) is 77.2 Å². The van der Waals surface area contributed by atoms with Crippen LogP contribution in [0.4, 0.5) is 0 Å². The molecule has 2 saturated heterocycles. The van der Waals surface area contributed by atoms with Gasteiger partial charge in [-0.05, 0) is 96.4 Å². The minimum atomic E-state index is -0.645. The van der Waals surface area contributed by atoms with Crippen LogP contribution < -0.4 is 21.3 Å². The highest BCUT2D eigenvalue weighted by molar-refractivity contribution is 7.10. The van der Waals surface area contributed by atoms with Crippen LogP contribution in [0.5, 0.6) is 0 Å². The van der Waals surface area contributed by atoms with E-state index in [2.05, 4.69) is 21.3 Å². The number of amides is 5. The van der Waals surface area contributed by atoms with Gasteiger partial charge in [-0.3, -0.25) is 28.8 Å². The van der Waals surface area contributed by atoms with Crippen LogP contribution in [0, 0.1) is 35.5 Å². The molecule has 4 N–H and O–H groups in total. The van der Waals surface area contributed by atoms with Gasteiger partial charge in [-0.25, -0.2) is 9.97 Å². The monoisotopic (exact) mass is 1070 g/mol. The highest BCUT2D eigenvalue weighted by Crippen LogP contribution is 2.42. The van der Waals surface area contributed by atoms with Crippen LogP contribution in [0.2, 0.25) is 0 Å². The van der Waals surface area contributed by atoms with Gasteiger partial charge in [0.2, 0.25) is 29.5 Å². The number of nitrogens with one attached hydrogen (secondary N) is 4. The van der Waals surface area contributed by atoms with Crippen molar-refractivity contribution >= 4 is 58.0 Å². The average molecular weight is 1070 g/mol. The Bertz CT molecular complexity index is 2430. The van der Waals surface area contributed by atoms with Crippen molar-refractivity contribution in [1.82, 2.24) is 41.0 Å². The van der Waals surface area contributed by atoms with E-state index < -0.39 is 12.0 Å². The molecule has 5 fully saturated rings. The fourth-order valence-electron chi connectivity index (χ4n) is 12.7. The molecule has 5 aliphatic rings. The highest BCUT2D eigenvalue weighted by atomic mass is 32.1. The van der Waals surface area contributed by atoms with Crippen LogP contribution in [-0.4, -0.2) is 99.4 Å². The SMILES string of the molecule is CC[C@@H](C)C(=O)N[C@H](C(=O)N1C[C@@H](NC(=O)C2CCC(C(=O)N[C@H]3C[C@@H](c4nc(-c5ccccc5)cs4)N(C(=O)[C@@H](CC(=O)[C@H](C)NC)C4CCCCC4)C3)CC2)C[C@H]1c1nc(-c2ccccc2)cs1)C1CCCCC1. The van der Waals surface area contributed by atoms with Gasteiger partial charge in [0.1, 0.15) is 21.8 Å². The van der Waals surface area contributed by atoms with E-state index in [0.717, 1.165) is 96.7 Å². The van der Waals surface area contributed by atoms with Crippen LogP contribution in [0.1, 0.15) is 158 Å². The van der Waals surface area contributed by atoms with Crippen molar-refractivity contribution in [1.29, 1.82) is 0 Å². The van der Waals surface area contributed by atoms with E-state index in [9.17, 15) is 24.0 Å². The molecule has 2 aromatic heterocycles. The number of hydrogen-bond donors (Lipinski definition) is 4. The van der Waals surface area contributed by atoms with E-state index in [-0.39, 0.29) is 102 Å². The summed E-state index contributed by atoms with van der Waals surface area (Å²) in [6, 6.07) is 17.7. The first-order chi connectivity index (χ1) is 36.9. The Morgan fingerprint density at radius 2 is 1.08 bits per heavy atom. The molecule has 0 unspecified atom stereocenters. The fraction of sp³-hybridized carbons (Fsp3) is 0.600. The van der Waals surface area contributed by atoms with Crippen LogP contribution in [-0.2, 0) is 28.8 Å². The third-order valence-corrected chi connectivity index (χ3v) is 19.6. The van der Waals surface area contributed by atoms with Gasteiger partial charge >= 0.3 is 0 Å². The van der Waals surface area contributed by atoms with Crippen LogP contribution >= 0.6 is 22.7 Å². The fourth-order valence-corrected chi connectivity index (χ4v) is 14.6. The molecule has 0 bridgehead atoms. The lowest BCUT2D eigenvalue weighted by atomic mass is 9.76. The summed E-state index contributed by atoms with van der Waals surface area (Å²) in [7, 11) is 1.78. The Kier molecular flexibility index (Phi) is 18.9. The summed E-state index contributed by atoms with van der Waals surface area (Å²) in [6.45, 7) is 6.41. The zero-order chi connectivity index (χ0) is 53.3. The molecule has 2 aliphatic heterocycles. The van der Waals surface area contributed by atoms with Crippen molar-refractivity contribution in [2.75, 3.05) is 20.1 Å². The Labute approximate surface area is 457 Å². The molecule has 8 atom stereocenters. The molecule has 3 saturated carbocycles. The van der Waals surface area contributed by atoms with Gasteiger partial charge < -0.3 is 31.1 Å². The topological polar surface area (TPSA) is 183 Å². The summed E-state index contributed by atoms with van der Waals surface area (Å²) in [5.74, 6) is -1.33. The minimum Gasteiger partial charge on any atom is -0.351 e. The highest BCUT2D eigenvalue weighted by Gasteiger charge is 2.46. The smallest absolute Gasteiger partial charge is 0.246 e. The van der Waals surface area contributed by atoms with E-state index in [0.29, 0.717) is 58.0 Å². The molecule has 4 heterocycles. The van der Waals surface area contributed by atoms with Crippen molar-refractivity contribution < 1.29 is 28.8 Å². The van der Waals surface area contributed by atoms with E-state index in [1.807, 2.05) is 102 Å². The minimum absolute atomic E-state index is 0.0182. The second kappa shape index (κ2) is 25.9. The van der Waals surface area contributed by atoms with Crippen molar-refractivity contribution in [2.45, 2.75) is 173 Å². The maximum atomic E-state index is 15.0. The molecule has 9 rings (SSSR count). The maximum absolute atomic E-state index is 15.0. The number of nitrogens with zero attached hydrogens (tertiary/aromatic N) is 4. The molecule has 0 spiro atoms. The Morgan fingerprint density at radius 1 is 0.618 bits per heavy atom. The number of benzene rings is 2. The lowest BCUT2D eigenvalue weighted by molar-refractivity contribution is -0.142. The lowest BCUT2D eigenvalue weighted by Crippen LogP contribution is -2.54. The molecule has 0 radical (unpaired) electrons. The van der Waals surface area contributed by atoms with E-state index in [1.54, 1.807) is 7.05 Å². The Balaban J connectivity index is 0.861. The summed E-state index contributed by atoms with van der Waals surface area (Å²) in [5.41, 5.74) is 3.69. The Morgan fingerprint density at radius 3 is 1.54 bits per heavy atom. The molecule has 2 aromatic carbocycles. The molecule has 408 valence electrons. The lowest BCUT2D eigenvalue weighted by Gasteiger charge is -2.35. The number of carbonyl (C=O) groups excluding carboxylic acids is 6. The standard InChI is InChI=1S/C60H80N8O6S2/c1-5-37(2)54(70)66-53(42-24-16-9-17-25-42)60(74)68-34-46(31-51(68)58-65-49(36-76-58)41-22-14-8-15-23-41)63-56(72)44-28-26-43(27-29-44)55(71)62-45-30-50(57-64-48(35-75-57)40-20-12-7-13-21-40)67(33-45)59(73)47(32-52(69)38(3)61-4)39-18-10-6-11-19-39/h7-8,12-15,20-23,35-39,42-47,50-51,53,61H,5-6,9-11,16-19,24-34H2,1-4H3,(H,62,71)(H,63,72)(H,66,70)/t37-,38+,43?,44?,45+,46+,47+,50+,51+,53+/m1/s1. The van der Waals surface area contributed by atoms with Crippen molar-refractivity contribution in [3.63, 3.8) is 0 Å². The number of carbonyl (C=O) groups is 6. The largest absolute Gasteiger partial charge is 0.351 e. The van der Waals surface area contributed by atoms with Gasteiger partial charge in [-0.2, -0.15) is 0 Å². The van der Waals surface area contributed by atoms with Gasteiger partial charge in [-0.15, -0.1) is 22.7 Å². The second-order valence-electron chi connectivity index (χ2n) is 22.7. The summed E-state index contributed by atoms with van der Waals surface area (Å²) in [5, 5.41) is 18.7. The van der Waals surface area contributed by atoms with Crippen LogP contribution in [0.25, 0.3) is 22.5 Å². The predicted molar refractivity (Wildman–Crippen MR) is 299 cm³/mol. The number of thiazole rings is 2. The van der Waals surface area contributed by atoms with Crippen molar-refractivity contribution in [3.05, 3.63) is 81.4 Å². The molecular weight excluding hydrogens is 993 g/mol. The van der Waals surface area contributed by atoms with Crippen LogP contribution in [0.15, 0.2) is 71.4 Å². The third-order valence-electron chi connectivity index (χ3n) is 17.7. The number of hydrogen-bond acceptors (Lipinski definition) is 11. The van der Waals surface area contributed by atoms with Gasteiger partial charge in [0.05, 0.1) is 29.5 Å². The summed E-state index contributed by atoms with van der Waals surface area (Å²) >= 11 is 3.06. The molecule has 14 nitrogen and oxygen atoms in total. The number of Topliss-reactive ketones (excluding diaryl/α,β-unsaturated/α-hetero) is 1. The number of likely N-dealkylation sites (tertiary alicyclic amines) is 2. The van der Waals surface area contributed by atoms with Crippen LogP contribution in [0.3, 0.4) is 0 Å². The zero-order valence-corrected chi connectivity index (χ0v) is 46.7. The normalized spacial score (nSPS) is 25.1. The number of rotatable bonds is 19. The first-order valence-electron chi connectivity index (χ1n) is 28.6. The maximum Gasteiger partial charge on any atom is 0.246 e.